The van der Waals surface area contributed by atoms with E-state index in [1.165, 1.54) is 0 Å². The Morgan fingerprint density at radius 1 is 0.561 bits per heavy atom. The van der Waals surface area contributed by atoms with Crippen LogP contribution in [0.25, 0.3) is 0 Å². The first-order valence-corrected chi connectivity index (χ1v) is 11.6. The predicted octanol–water partition coefficient (Wildman–Crippen LogP) is 6.14. The van der Waals surface area contributed by atoms with Crippen molar-refractivity contribution in [3.05, 3.63) is 120 Å². The van der Waals surface area contributed by atoms with Gasteiger partial charge in [-0.3, -0.25) is 19.2 Å². The third-order valence-corrected chi connectivity index (χ3v) is 4.54. The molecule has 41 heavy (non-hydrogen) atoms. The van der Waals surface area contributed by atoms with Crippen LogP contribution in [0.2, 0.25) is 0 Å². The van der Waals surface area contributed by atoms with Gasteiger partial charge in [0.15, 0.2) is 0 Å². The predicted molar refractivity (Wildman–Crippen MR) is 142 cm³/mol. The normalized spacial score (nSPS) is 9.17. The molecule has 4 amide bonds. The van der Waals surface area contributed by atoms with E-state index < -0.39 is 46.9 Å². The standard InChI is InChI=1S/2C10H8F2NO2.2C5H5.Ti/c2*1-6(14)13(7(2)15)10-4-3-8(11)5-9(10)12;2*1-2-4-5-3-1;/h2*3-4H,1-2H3;2*1-5H;/q4*-1;+4. The fourth-order valence-corrected chi connectivity index (χ4v) is 2.98. The third-order valence-electron chi connectivity index (χ3n) is 4.54. The number of carbonyl (C=O) groups excluding carboxylic acids is 4. The molecule has 0 heterocycles. The van der Waals surface area contributed by atoms with Crippen LogP contribution in [0.5, 0.6) is 0 Å². The second-order valence-electron chi connectivity index (χ2n) is 7.68. The molecule has 212 valence electrons. The maximum Gasteiger partial charge on any atom is 4.00 e. The average molecular weight is 602 g/mol. The van der Waals surface area contributed by atoms with Crippen molar-refractivity contribution in [1.82, 2.24) is 0 Å². The number of hydrogen-bond donors (Lipinski definition) is 0. The van der Waals surface area contributed by atoms with Gasteiger partial charge in [0.2, 0.25) is 23.6 Å². The molecule has 11 heteroatoms. The molecule has 4 aromatic rings. The molecule has 0 spiro atoms. The number of hydrogen-bond acceptors (Lipinski definition) is 4. The van der Waals surface area contributed by atoms with Crippen LogP contribution in [0.15, 0.2) is 84.9 Å². The van der Waals surface area contributed by atoms with Gasteiger partial charge in [-0.25, -0.2) is 41.8 Å². The summed E-state index contributed by atoms with van der Waals surface area (Å²) in [6, 6.07) is 27.4. The van der Waals surface area contributed by atoms with E-state index in [0.29, 0.717) is 9.80 Å². The van der Waals surface area contributed by atoms with Gasteiger partial charge in [-0.15, -0.1) is 36.4 Å². The van der Waals surface area contributed by atoms with Gasteiger partial charge in [0.05, 0.1) is 0 Å². The van der Waals surface area contributed by atoms with E-state index in [0.717, 1.165) is 52.0 Å². The molecule has 0 aliphatic heterocycles. The first kappa shape index (κ1) is 36.9. The van der Waals surface area contributed by atoms with Crippen LogP contribution in [-0.2, 0) is 40.9 Å². The fraction of sp³-hybridized carbons (Fsp3) is 0.133. The van der Waals surface area contributed by atoms with Crippen LogP contribution < -0.4 is 9.80 Å². The molecule has 0 saturated carbocycles. The number of carbonyl (C=O) groups is 4. The Bertz CT molecular complexity index is 1210. The molecular formula is C30H26F4N2O4Ti. The third kappa shape index (κ3) is 13.2. The number of benzene rings is 2. The average Bonchev–Trinajstić information content (AvgIpc) is 3.61. The minimum atomic E-state index is -1.07. The van der Waals surface area contributed by atoms with Crippen LogP contribution in [0.1, 0.15) is 27.7 Å². The Hall–Kier alpha value is -4.15. The number of rotatable bonds is 2. The molecule has 0 fully saturated rings. The Morgan fingerprint density at radius 2 is 0.829 bits per heavy atom. The van der Waals surface area contributed by atoms with Crippen molar-refractivity contribution in [3.63, 3.8) is 0 Å². The molecule has 0 unspecified atom stereocenters. The topological polar surface area (TPSA) is 74.8 Å². The summed E-state index contributed by atoms with van der Waals surface area (Å²) in [5.74, 6) is -6.46. The molecule has 6 nitrogen and oxygen atoms in total. The Labute approximate surface area is 250 Å². The molecule has 0 bridgehead atoms. The van der Waals surface area contributed by atoms with Crippen LogP contribution in [0, 0.1) is 35.4 Å². The summed E-state index contributed by atoms with van der Waals surface area (Å²) in [6.45, 7) is 4.46. The van der Waals surface area contributed by atoms with Gasteiger partial charge in [0.1, 0.15) is 0 Å². The first-order valence-electron chi connectivity index (χ1n) is 11.6. The number of halogens is 4. The van der Waals surface area contributed by atoms with E-state index in [1.807, 2.05) is 60.7 Å². The zero-order valence-corrected chi connectivity index (χ0v) is 24.2. The van der Waals surface area contributed by atoms with Crippen molar-refractivity contribution in [2.24, 2.45) is 0 Å². The number of amides is 4. The number of nitrogens with zero attached hydrogens (tertiary/aromatic N) is 2. The summed E-state index contributed by atoms with van der Waals surface area (Å²) in [7, 11) is 0. The smallest absolute Gasteiger partial charge is 0.304 e. The summed E-state index contributed by atoms with van der Waals surface area (Å²) in [5.41, 5.74) is -0.590. The van der Waals surface area contributed by atoms with Crippen LogP contribution in [-0.4, -0.2) is 23.6 Å². The maximum absolute atomic E-state index is 13.2. The van der Waals surface area contributed by atoms with Gasteiger partial charge < -0.3 is 9.80 Å². The van der Waals surface area contributed by atoms with Crippen molar-refractivity contribution in [2.75, 3.05) is 9.80 Å². The zero-order valence-electron chi connectivity index (χ0n) is 22.6. The summed E-state index contributed by atoms with van der Waals surface area (Å²) in [4.78, 5) is 45.4. The van der Waals surface area contributed by atoms with Gasteiger partial charge in [-0.05, 0) is 11.4 Å². The van der Waals surface area contributed by atoms with E-state index >= 15 is 0 Å². The van der Waals surface area contributed by atoms with Crippen molar-refractivity contribution in [2.45, 2.75) is 27.7 Å². The molecule has 0 N–H and O–H groups in total. The molecule has 0 aliphatic carbocycles. The fourth-order valence-electron chi connectivity index (χ4n) is 2.98. The molecular weight excluding hydrogens is 576 g/mol. The van der Waals surface area contributed by atoms with E-state index in [9.17, 15) is 36.7 Å². The second-order valence-corrected chi connectivity index (χ2v) is 7.68. The van der Waals surface area contributed by atoms with Crippen LogP contribution in [0.3, 0.4) is 0 Å². The summed E-state index contributed by atoms with van der Waals surface area (Å²) in [5, 5.41) is 0. The molecule has 0 aromatic heterocycles. The van der Waals surface area contributed by atoms with Gasteiger partial charge >= 0.3 is 21.7 Å². The van der Waals surface area contributed by atoms with E-state index in [1.54, 1.807) is 12.1 Å². The van der Waals surface area contributed by atoms with Gasteiger partial charge in [-0.1, -0.05) is 0 Å². The zero-order chi connectivity index (χ0) is 30.2. The summed E-state index contributed by atoms with van der Waals surface area (Å²) in [6.07, 6.45) is 0. The summed E-state index contributed by atoms with van der Waals surface area (Å²) < 4.78 is 51.4. The minimum absolute atomic E-state index is 0. The quantitative estimate of drug-likeness (QED) is 0.157. The first-order chi connectivity index (χ1) is 18.9. The molecule has 0 saturated heterocycles. The monoisotopic (exact) mass is 602 g/mol. The SMILES string of the molecule is CC(=O)N(C(C)=O)c1ccc(F)[c-]c1F.CC(=O)N(C(C)=O)c1ccc(F)[c-]c1F.[Ti+4].c1cc[cH-]c1.c1cc[cH-]c1. The van der Waals surface area contributed by atoms with Crippen molar-refractivity contribution in [3.8, 4) is 0 Å². The summed E-state index contributed by atoms with van der Waals surface area (Å²) >= 11 is 0. The minimum Gasteiger partial charge on any atom is -0.304 e. The van der Waals surface area contributed by atoms with Gasteiger partial charge in [-0.2, -0.15) is 36.4 Å². The van der Waals surface area contributed by atoms with Crippen molar-refractivity contribution in [1.29, 1.82) is 0 Å². The number of imide groups is 2. The second kappa shape index (κ2) is 19.0. The molecule has 4 aromatic carbocycles. The van der Waals surface area contributed by atoms with Gasteiger partial charge in [0.25, 0.3) is 0 Å². The largest absolute Gasteiger partial charge is 4.00 e. The maximum atomic E-state index is 13.2. The van der Waals surface area contributed by atoms with Crippen molar-refractivity contribution < 1.29 is 58.5 Å². The molecule has 0 atom stereocenters. The van der Waals surface area contributed by atoms with E-state index in [4.69, 9.17) is 0 Å². The van der Waals surface area contributed by atoms with Gasteiger partial charge in [0, 0.05) is 51.0 Å². The van der Waals surface area contributed by atoms with Crippen LogP contribution >= 0.6 is 0 Å². The molecule has 0 radical (unpaired) electrons. The Balaban J connectivity index is 0.000000573. The van der Waals surface area contributed by atoms with Crippen molar-refractivity contribution >= 4 is 35.0 Å². The molecule has 0 aliphatic rings. The van der Waals surface area contributed by atoms with E-state index in [2.05, 4.69) is 0 Å². The van der Waals surface area contributed by atoms with Crippen LogP contribution in [0.4, 0.5) is 28.9 Å². The van der Waals surface area contributed by atoms with E-state index in [-0.39, 0.29) is 33.1 Å². The molecule has 4 rings (SSSR count). The Morgan fingerprint density at radius 3 is 1.00 bits per heavy atom. The Kier molecular flexibility index (Phi) is 17.1. The number of anilines is 2.